The Hall–Kier alpha value is -3.44. The number of hydrogen-bond acceptors (Lipinski definition) is 4. The monoisotopic (exact) mass is 386 g/mol. The molecule has 0 bridgehead atoms. The van der Waals surface area contributed by atoms with Crippen LogP contribution in [0.5, 0.6) is 0 Å². The molecule has 0 saturated heterocycles. The van der Waals surface area contributed by atoms with E-state index in [0.717, 1.165) is 27.7 Å². The normalized spacial score (nSPS) is 12.1. The van der Waals surface area contributed by atoms with Gasteiger partial charge in [0.05, 0.1) is 29.6 Å². The molecular formula is C24H22N2O3. The molecule has 1 amide bonds. The summed E-state index contributed by atoms with van der Waals surface area (Å²) in [7, 11) is 0. The van der Waals surface area contributed by atoms with Crippen LogP contribution >= 0.6 is 0 Å². The highest BCUT2D eigenvalue weighted by molar-refractivity contribution is 6.07. The molecule has 1 unspecified atom stereocenters. The van der Waals surface area contributed by atoms with Gasteiger partial charge in [-0.1, -0.05) is 42.0 Å². The van der Waals surface area contributed by atoms with Crippen LogP contribution in [0, 0.1) is 13.8 Å². The van der Waals surface area contributed by atoms with E-state index in [1.807, 2.05) is 56.3 Å². The number of hydrogen-bond donors (Lipinski definition) is 2. The highest BCUT2D eigenvalue weighted by Crippen LogP contribution is 2.27. The van der Waals surface area contributed by atoms with Crippen molar-refractivity contribution in [3.63, 3.8) is 0 Å². The zero-order valence-electron chi connectivity index (χ0n) is 16.3. The predicted octanol–water partition coefficient (Wildman–Crippen LogP) is 4.58. The molecule has 0 aliphatic carbocycles. The van der Waals surface area contributed by atoms with Crippen molar-refractivity contribution in [2.75, 3.05) is 6.54 Å². The van der Waals surface area contributed by atoms with Crippen LogP contribution in [0.15, 0.2) is 71.3 Å². The van der Waals surface area contributed by atoms with Gasteiger partial charge in [0.1, 0.15) is 11.9 Å². The van der Waals surface area contributed by atoms with Crippen molar-refractivity contribution in [2.45, 2.75) is 20.0 Å². The van der Waals surface area contributed by atoms with Crippen molar-refractivity contribution in [1.82, 2.24) is 10.3 Å². The summed E-state index contributed by atoms with van der Waals surface area (Å²) in [6, 6.07) is 18.9. The molecule has 1 atom stereocenters. The summed E-state index contributed by atoms with van der Waals surface area (Å²) in [5, 5.41) is 13.8. The smallest absolute Gasteiger partial charge is 0.252 e. The number of benzene rings is 2. The summed E-state index contributed by atoms with van der Waals surface area (Å²) in [6.45, 7) is 4.15. The van der Waals surface area contributed by atoms with Crippen LogP contribution in [0.1, 0.15) is 33.3 Å². The number of aromatic nitrogens is 1. The zero-order chi connectivity index (χ0) is 20.4. The maximum Gasteiger partial charge on any atom is 0.252 e. The number of pyridine rings is 1. The first kappa shape index (κ1) is 18.9. The van der Waals surface area contributed by atoms with Gasteiger partial charge in [0.15, 0.2) is 0 Å². The van der Waals surface area contributed by atoms with E-state index in [2.05, 4.69) is 11.4 Å². The average Bonchev–Trinajstić information content (AvgIpc) is 3.26. The Morgan fingerprint density at radius 1 is 1.10 bits per heavy atom. The van der Waals surface area contributed by atoms with E-state index in [9.17, 15) is 9.90 Å². The number of furan rings is 1. The number of nitrogens with zero attached hydrogens (tertiary/aromatic N) is 1. The fraction of sp³-hybridized carbons (Fsp3) is 0.167. The lowest BCUT2D eigenvalue weighted by atomic mass is 9.99. The lowest BCUT2D eigenvalue weighted by Crippen LogP contribution is -2.28. The molecule has 2 N–H and O–H groups in total. The quantitative estimate of drug-likeness (QED) is 0.527. The lowest BCUT2D eigenvalue weighted by molar-refractivity contribution is 0.0902. The van der Waals surface area contributed by atoms with E-state index in [1.54, 1.807) is 12.1 Å². The molecule has 0 radical (unpaired) electrons. The summed E-state index contributed by atoms with van der Waals surface area (Å²) in [5.41, 5.74) is 5.30. The largest absolute Gasteiger partial charge is 0.467 e. The SMILES string of the molecule is Cc1ccc(-c2cc(C(=O)NCC(O)c3ccco3)c3ccccc3n2)c(C)c1. The Balaban J connectivity index is 1.70. The minimum Gasteiger partial charge on any atom is -0.467 e. The van der Waals surface area contributed by atoms with Gasteiger partial charge >= 0.3 is 0 Å². The minimum absolute atomic E-state index is 0.0574. The molecular weight excluding hydrogens is 364 g/mol. The van der Waals surface area contributed by atoms with Gasteiger partial charge in [0, 0.05) is 10.9 Å². The van der Waals surface area contributed by atoms with Gasteiger partial charge in [0.2, 0.25) is 0 Å². The molecule has 5 heteroatoms. The first-order valence-electron chi connectivity index (χ1n) is 9.50. The molecule has 29 heavy (non-hydrogen) atoms. The van der Waals surface area contributed by atoms with Gasteiger partial charge in [-0.05, 0) is 43.7 Å². The van der Waals surface area contributed by atoms with E-state index in [4.69, 9.17) is 9.40 Å². The van der Waals surface area contributed by atoms with Gasteiger partial charge in [0.25, 0.3) is 5.91 Å². The van der Waals surface area contributed by atoms with E-state index in [0.29, 0.717) is 11.3 Å². The number of rotatable bonds is 5. The van der Waals surface area contributed by atoms with E-state index in [-0.39, 0.29) is 12.5 Å². The number of carbonyl (C=O) groups is 1. The van der Waals surface area contributed by atoms with E-state index < -0.39 is 6.10 Å². The second kappa shape index (κ2) is 7.89. The second-order valence-electron chi connectivity index (χ2n) is 7.13. The van der Waals surface area contributed by atoms with Crippen LogP contribution in [0.2, 0.25) is 0 Å². The molecule has 2 aromatic heterocycles. The van der Waals surface area contributed by atoms with Crippen molar-refractivity contribution in [2.24, 2.45) is 0 Å². The number of aryl methyl sites for hydroxylation is 2. The lowest BCUT2D eigenvalue weighted by Gasteiger charge is -2.13. The van der Waals surface area contributed by atoms with Crippen molar-refractivity contribution < 1.29 is 14.3 Å². The van der Waals surface area contributed by atoms with Crippen LogP contribution in [0.4, 0.5) is 0 Å². The van der Waals surface area contributed by atoms with Crippen LogP contribution in [0.25, 0.3) is 22.2 Å². The number of fused-ring (bicyclic) bond motifs is 1. The predicted molar refractivity (Wildman–Crippen MR) is 113 cm³/mol. The summed E-state index contributed by atoms with van der Waals surface area (Å²) >= 11 is 0. The molecule has 146 valence electrons. The average molecular weight is 386 g/mol. The summed E-state index contributed by atoms with van der Waals surface area (Å²) in [5.74, 6) is 0.154. The standard InChI is InChI=1S/C24H22N2O3/c1-15-9-10-17(16(2)12-15)21-13-19(18-6-3-4-7-20(18)26-21)24(28)25-14-22(27)23-8-5-11-29-23/h3-13,22,27H,14H2,1-2H3,(H,25,28). The fourth-order valence-corrected chi connectivity index (χ4v) is 3.47. The molecule has 4 rings (SSSR count). The molecule has 0 saturated carbocycles. The van der Waals surface area contributed by atoms with E-state index in [1.165, 1.54) is 11.8 Å². The van der Waals surface area contributed by atoms with Crippen molar-refractivity contribution in [3.05, 3.63) is 89.4 Å². The van der Waals surface area contributed by atoms with E-state index >= 15 is 0 Å². The Bertz CT molecular complexity index is 1170. The molecule has 4 aromatic rings. The van der Waals surface area contributed by atoms with Gasteiger partial charge < -0.3 is 14.8 Å². The molecule has 0 spiro atoms. The van der Waals surface area contributed by atoms with Crippen LogP contribution in [0.3, 0.4) is 0 Å². The first-order chi connectivity index (χ1) is 14.0. The summed E-state index contributed by atoms with van der Waals surface area (Å²) in [4.78, 5) is 17.7. The van der Waals surface area contributed by atoms with Crippen LogP contribution in [-0.2, 0) is 0 Å². The highest BCUT2D eigenvalue weighted by Gasteiger charge is 2.17. The third-order valence-electron chi connectivity index (χ3n) is 4.95. The Labute approximate surface area is 169 Å². The number of carbonyl (C=O) groups excluding carboxylic acids is 1. The van der Waals surface area contributed by atoms with Gasteiger partial charge in [-0.2, -0.15) is 0 Å². The van der Waals surface area contributed by atoms with Gasteiger partial charge in [-0.3, -0.25) is 4.79 Å². The molecule has 5 nitrogen and oxygen atoms in total. The van der Waals surface area contributed by atoms with Gasteiger partial charge in [-0.25, -0.2) is 4.98 Å². The molecule has 0 aliphatic heterocycles. The number of nitrogens with one attached hydrogen (secondary N) is 1. The zero-order valence-corrected chi connectivity index (χ0v) is 16.3. The first-order valence-corrected chi connectivity index (χ1v) is 9.50. The number of aliphatic hydroxyl groups excluding tert-OH is 1. The Morgan fingerprint density at radius 3 is 2.69 bits per heavy atom. The van der Waals surface area contributed by atoms with Crippen LogP contribution < -0.4 is 5.32 Å². The molecule has 2 heterocycles. The summed E-state index contributed by atoms with van der Waals surface area (Å²) < 4.78 is 5.19. The summed E-state index contributed by atoms with van der Waals surface area (Å²) in [6.07, 6.45) is 0.591. The molecule has 0 fully saturated rings. The Morgan fingerprint density at radius 2 is 1.93 bits per heavy atom. The Kier molecular flexibility index (Phi) is 5.14. The third-order valence-corrected chi connectivity index (χ3v) is 4.95. The van der Waals surface area contributed by atoms with Crippen LogP contribution in [-0.4, -0.2) is 22.5 Å². The van der Waals surface area contributed by atoms with Crippen molar-refractivity contribution in [1.29, 1.82) is 0 Å². The van der Waals surface area contributed by atoms with Crippen molar-refractivity contribution in [3.8, 4) is 11.3 Å². The number of para-hydroxylation sites is 1. The topological polar surface area (TPSA) is 75.4 Å². The minimum atomic E-state index is -0.902. The second-order valence-corrected chi connectivity index (χ2v) is 7.13. The fourth-order valence-electron chi connectivity index (χ4n) is 3.47. The number of aliphatic hydroxyl groups is 1. The molecule has 0 aliphatic rings. The van der Waals surface area contributed by atoms with Crippen molar-refractivity contribution >= 4 is 16.8 Å². The van der Waals surface area contributed by atoms with Gasteiger partial charge in [-0.15, -0.1) is 0 Å². The maximum absolute atomic E-state index is 13.0. The number of amides is 1. The maximum atomic E-state index is 13.0. The highest BCUT2D eigenvalue weighted by atomic mass is 16.4. The molecule has 2 aromatic carbocycles. The third kappa shape index (κ3) is 3.91.